The number of imidazole rings is 2. The van der Waals surface area contributed by atoms with Gasteiger partial charge in [-0.15, -0.1) is 22.7 Å². The number of nitrogens with zero attached hydrogens (tertiary/aromatic N) is 8. The lowest BCUT2D eigenvalue weighted by molar-refractivity contribution is 0.190. The van der Waals surface area contributed by atoms with Crippen LogP contribution in [0.5, 0.6) is 0 Å². The number of methoxy groups -OCH3 is 1. The van der Waals surface area contributed by atoms with Crippen LogP contribution in [-0.2, 0) is 17.8 Å². The first-order chi connectivity index (χ1) is 24.9. The first-order valence-corrected chi connectivity index (χ1v) is 18.2. The summed E-state index contributed by atoms with van der Waals surface area (Å²) in [6.07, 6.45) is 7.76. The molecule has 0 aliphatic carbocycles. The Balaban J connectivity index is 0.000000159. The molecule has 11 nitrogen and oxygen atoms in total. The summed E-state index contributed by atoms with van der Waals surface area (Å²) in [4.78, 5) is 30.3. The van der Waals surface area contributed by atoms with Crippen LogP contribution in [0.25, 0.3) is 64.1 Å². The molecule has 0 spiro atoms. The summed E-state index contributed by atoms with van der Waals surface area (Å²) in [5.41, 5.74) is 18.4. The number of hydrogen-bond donors (Lipinski definition) is 2. The quantitative estimate of drug-likeness (QED) is 0.133. The lowest BCUT2D eigenvalue weighted by Crippen LogP contribution is -2.04. The molecule has 51 heavy (non-hydrogen) atoms. The van der Waals surface area contributed by atoms with Crippen molar-refractivity contribution in [3.8, 4) is 43.7 Å². The third kappa shape index (κ3) is 7.22. The van der Waals surface area contributed by atoms with E-state index in [-0.39, 0.29) is 0 Å². The van der Waals surface area contributed by atoms with E-state index in [1.165, 1.54) is 12.7 Å². The highest BCUT2D eigenvalue weighted by Gasteiger charge is 2.20. The van der Waals surface area contributed by atoms with Crippen molar-refractivity contribution in [2.75, 3.05) is 25.2 Å². The summed E-state index contributed by atoms with van der Waals surface area (Å²) in [5.74, 6) is 1.55. The Morgan fingerprint density at radius 1 is 0.667 bits per heavy atom. The zero-order valence-electron chi connectivity index (χ0n) is 28.6. The predicted octanol–water partition coefficient (Wildman–Crippen LogP) is 8.30. The second-order valence-corrected chi connectivity index (χ2v) is 14.4. The van der Waals surface area contributed by atoms with Gasteiger partial charge in [0.25, 0.3) is 0 Å². The highest BCUT2D eigenvalue weighted by Crippen LogP contribution is 2.40. The predicted molar refractivity (Wildman–Crippen MR) is 208 cm³/mol. The molecule has 6 heterocycles. The van der Waals surface area contributed by atoms with Gasteiger partial charge in [-0.1, -0.05) is 74.5 Å². The molecule has 258 valence electrons. The molecule has 0 radical (unpaired) electrons. The molecular formula is C38H38N10OS2. The van der Waals surface area contributed by atoms with Gasteiger partial charge >= 0.3 is 0 Å². The number of hydrogen-bond acceptors (Lipinski definition) is 11. The van der Waals surface area contributed by atoms with Crippen LogP contribution < -0.4 is 11.5 Å². The van der Waals surface area contributed by atoms with Crippen molar-refractivity contribution in [1.29, 1.82) is 0 Å². The number of rotatable bonds is 10. The first kappa shape index (κ1) is 34.0. The third-order valence-electron chi connectivity index (χ3n) is 8.27. The molecule has 0 saturated heterocycles. The van der Waals surface area contributed by atoms with Crippen LogP contribution in [0.2, 0.25) is 0 Å². The molecule has 2 aromatic carbocycles. The van der Waals surface area contributed by atoms with Gasteiger partial charge in [-0.25, -0.2) is 29.9 Å². The number of aromatic nitrogens is 8. The zero-order chi connectivity index (χ0) is 35.3. The van der Waals surface area contributed by atoms with E-state index >= 15 is 0 Å². The Bertz CT molecular complexity index is 2380. The minimum atomic E-state index is 0.504. The molecule has 4 N–H and O–H groups in total. The zero-order valence-corrected chi connectivity index (χ0v) is 30.2. The van der Waals surface area contributed by atoms with Gasteiger partial charge in [-0.2, -0.15) is 0 Å². The van der Waals surface area contributed by atoms with Crippen LogP contribution in [0, 0.1) is 5.92 Å². The second kappa shape index (κ2) is 15.2. The standard InChI is InChI=1S/C19H19N5OS.C19H19N5S/c1-25-9-5-8-24-12-23-16(13-6-3-2-4-7-13)17(24)15-10-14-18(20)21-11-22-19(14)26-15;1-12(2)9-24-11-23-16(13-6-4-3-5-7-13)17(24)15-8-14-18(20)21-10-22-19(14)25-15/h2-4,6-7,10-12H,5,8-9H2,1H3,(H2,20,21,22);3-8,10-12H,9H2,1-2H3,(H2,20,21,22). The number of nitrogens with two attached hydrogens (primary N) is 2. The number of anilines is 2. The molecule has 0 fully saturated rings. The van der Waals surface area contributed by atoms with E-state index in [1.54, 1.807) is 29.8 Å². The van der Waals surface area contributed by atoms with E-state index in [4.69, 9.17) is 26.2 Å². The van der Waals surface area contributed by atoms with Crippen molar-refractivity contribution in [3.63, 3.8) is 0 Å². The van der Waals surface area contributed by atoms with Crippen molar-refractivity contribution in [2.45, 2.75) is 33.4 Å². The van der Waals surface area contributed by atoms with Crippen LogP contribution in [-0.4, -0.2) is 52.8 Å². The fourth-order valence-electron chi connectivity index (χ4n) is 5.96. The maximum atomic E-state index is 6.02. The maximum Gasteiger partial charge on any atom is 0.135 e. The van der Waals surface area contributed by atoms with Crippen molar-refractivity contribution in [2.24, 2.45) is 5.92 Å². The van der Waals surface area contributed by atoms with Gasteiger partial charge in [0, 0.05) is 37.9 Å². The smallest absolute Gasteiger partial charge is 0.135 e. The van der Waals surface area contributed by atoms with E-state index in [2.05, 4.69) is 79.3 Å². The fourth-order valence-corrected chi connectivity index (χ4v) is 8.10. The molecule has 6 aromatic heterocycles. The van der Waals surface area contributed by atoms with Gasteiger partial charge in [-0.05, 0) is 24.5 Å². The molecule has 13 heteroatoms. The van der Waals surface area contributed by atoms with E-state index < -0.39 is 0 Å². The largest absolute Gasteiger partial charge is 0.385 e. The van der Waals surface area contributed by atoms with E-state index in [9.17, 15) is 0 Å². The molecule has 0 amide bonds. The van der Waals surface area contributed by atoms with Crippen molar-refractivity contribution >= 4 is 54.7 Å². The molecule has 0 saturated carbocycles. The summed E-state index contributed by atoms with van der Waals surface area (Å²) >= 11 is 3.24. The second-order valence-electron chi connectivity index (χ2n) is 12.4. The van der Waals surface area contributed by atoms with E-state index in [1.807, 2.05) is 49.1 Å². The molecular weight excluding hydrogens is 677 g/mol. The SMILES string of the molecule is CC(C)Cn1cnc(-c2ccccc2)c1-c1cc2c(N)ncnc2s1.COCCCn1cnc(-c2ccccc2)c1-c1cc2c(N)ncnc2s1. The van der Waals surface area contributed by atoms with Crippen LogP contribution in [0.4, 0.5) is 11.6 Å². The fraction of sp³-hybridized carbons (Fsp3) is 0.211. The molecule has 0 atom stereocenters. The number of fused-ring (bicyclic) bond motifs is 2. The number of nitrogen functional groups attached to an aromatic ring is 2. The topological polar surface area (TPSA) is 148 Å². The van der Waals surface area contributed by atoms with Crippen molar-refractivity contribution < 1.29 is 4.74 Å². The average molecular weight is 715 g/mol. The summed E-state index contributed by atoms with van der Waals surface area (Å²) in [6.45, 7) is 6.87. The third-order valence-corrected chi connectivity index (χ3v) is 10.4. The van der Waals surface area contributed by atoms with Gasteiger partial charge in [-0.3, -0.25) is 0 Å². The molecule has 0 unspecified atom stereocenters. The van der Waals surface area contributed by atoms with Crippen molar-refractivity contribution in [3.05, 3.63) is 98.1 Å². The summed E-state index contributed by atoms with van der Waals surface area (Å²) < 4.78 is 9.60. The molecule has 0 bridgehead atoms. The Hall–Kier alpha value is -5.50. The lowest BCUT2D eigenvalue weighted by Gasteiger charge is -2.11. The van der Waals surface area contributed by atoms with E-state index in [0.29, 0.717) is 24.2 Å². The van der Waals surface area contributed by atoms with Gasteiger partial charge in [0.1, 0.15) is 34.0 Å². The summed E-state index contributed by atoms with van der Waals surface area (Å²) in [5, 5.41) is 1.79. The van der Waals surface area contributed by atoms with Gasteiger partial charge in [0.15, 0.2) is 0 Å². The average Bonchev–Trinajstić information content (AvgIpc) is 3.94. The summed E-state index contributed by atoms with van der Waals surface area (Å²) in [6, 6.07) is 24.6. The maximum absolute atomic E-state index is 6.02. The monoisotopic (exact) mass is 714 g/mol. The van der Waals surface area contributed by atoms with Crippen LogP contribution >= 0.6 is 22.7 Å². The normalized spacial score (nSPS) is 11.4. The van der Waals surface area contributed by atoms with Gasteiger partial charge < -0.3 is 25.3 Å². The molecule has 0 aliphatic rings. The van der Waals surface area contributed by atoms with Gasteiger partial charge in [0.2, 0.25) is 0 Å². The Labute approximate surface area is 303 Å². The van der Waals surface area contributed by atoms with Crippen LogP contribution in [0.3, 0.4) is 0 Å². The Kier molecular flexibility index (Phi) is 10.1. The number of ether oxygens (including phenoxy) is 1. The summed E-state index contributed by atoms with van der Waals surface area (Å²) in [7, 11) is 1.72. The Morgan fingerprint density at radius 3 is 1.63 bits per heavy atom. The number of benzene rings is 2. The minimum absolute atomic E-state index is 0.504. The van der Waals surface area contributed by atoms with Crippen LogP contribution in [0.1, 0.15) is 20.3 Å². The molecule has 8 rings (SSSR count). The lowest BCUT2D eigenvalue weighted by atomic mass is 10.1. The number of thiophene rings is 2. The highest BCUT2D eigenvalue weighted by molar-refractivity contribution is 7.22. The molecule has 8 aromatic rings. The highest BCUT2D eigenvalue weighted by atomic mass is 32.1. The van der Waals surface area contributed by atoms with E-state index in [0.717, 1.165) is 83.6 Å². The Morgan fingerprint density at radius 2 is 1.16 bits per heavy atom. The van der Waals surface area contributed by atoms with Crippen LogP contribution in [0.15, 0.2) is 98.1 Å². The first-order valence-electron chi connectivity index (χ1n) is 16.6. The van der Waals surface area contributed by atoms with Gasteiger partial charge in [0.05, 0.1) is 56.0 Å². The molecule has 0 aliphatic heterocycles. The minimum Gasteiger partial charge on any atom is -0.385 e. The number of aryl methyl sites for hydroxylation is 1. The van der Waals surface area contributed by atoms with Crippen molar-refractivity contribution in [1.82, 2.24) is 39.0 Å².